The SMILES string of the molecule is CCOc1ccc(S(=O)(=O)N2CCC[C@H](C(=O)Nc3ccc(C)c(C)c3)C2)cc1C. The molecule has 1 atom stereocenters. The van der Waals surface area contributed by atoms with Crippen LogP contribution in [-0.4, -0.2) is 38.3 Å². The van der Waals surface area contributed by atoms with E-state index in [1.165, 1.54) is 4.31 Å². The molecule has 162 valence electrons. The van der Waals surface area contributed by atoms with Crippen LogP contribution < -0.4 is 10.1 Å². The Morgan fingerprint density at radius 2 is 1.87 bits per heavy atom. The Labute approximate surface area is 179 Å². The zero-order valence-electron chi connectivity index (χ0n) is 18.1. The van der Waals surface area contributed by atoms with Crippen LogP contribution in [0.1, 0.15) is 36.5 Å². The molecule has 0 saturated carbocycles. The minimum Gasteiger partial charge on any atom is -0.494 e. The van der Waals surface area contributed by atoms with E-state index >= 15 is 0 Å². The third-order valence-corrected chi connectivity index (χ3v) is 7.47. The van der Waals surface area contributed by atoms with Gasteiger partial charge in [0.15, 0.2) is 0 Å². The van der Waals surface area contributed by atoms with Crippen molar-refractivity contribution in [3.05, 3.63) is 53.1 Å². The summed E-state index contributed by atoms with van der Waals surface area (Å²) in [5.41, 5.74) is 3.78. The Hall–Kier alpha value is -2.38. The van der Waals surface area contributed by atoms with Gasteiger partial charge in [-0.15, -0.1) is 0 Å². The molecule has 6 nitrogen and oxygen atoms in total. The lowest BCUT2D eigenvalue weighted by atomic mass is 9.98. The van der Waals surface area contributed by atoms with E-state index in [4.69, 9.17) is 4.74 Å². The summed E-state index contributed by atoms with van der Waals surface area (Å²) in [5.74, 6) is 0.167. The topological polar surface area (TPSA) is 75.7 Å². The van der Waals surface area contributed by atoms with Crippen molar-refractivity contribution >= 4 is 21.6 Å². The van der Waals surface area contributed by atoms with Crippen LogP contribution in [0.2, 0.25) is 0 Å². The molecule has 1 heterocycles. The van der Waals surface area contributed by atoms with E-state index in [0.29, 0.717) is 31.7 Å². The number of amides is 1. The monoisotopic (exact) mass is 430 g/mol. The summed E-state index contributed by atoms with van der Waals surface area (Å²) in [6.45, 7) is 8.87. The van der Waals surface area contributed by atoms with Crippen LogP contribution in [0.15, 0.2) is 41.3 Å². The van der Waals surface area contributed by atoms with Gasteiger partial charge >= 0.3 is 0 Å². The fourth-order valence-corrected chi connectivity index (χ4v) is 5.30. The van der Waals surface area contributed by atoms with E-state index in [1.807, 2.05) is 45.9 Å². The zero-order valence-corrected chi connectivity index (χ0v) is 18.9. The van der Waals surface area contributed by atoms with Crippen LogP contribution in [0.25, 0.3) is 0 Å². The van der Waals surface area contributed by atoms with E-state index in [9.17, 15) is 13.2 Å². The van der Waals surface area contributed by atoms with E-state index in [2.05, 4.69) is 5.32 Å². The van der Waals surface area contributed by atoms with Crippen molar-refractivity contribution in [3.63, 3.8) is 0 Å². The second kappa shape index (κ2) is 9.18. The summed E-state index contributed by atoms with van der Waals surface area (Å²) >= 11 is 0. The number of piperidine rings is 1. The largest absolute Gasteiger partial charge is 0.494 e. The number of carbonyl (C=O) groups is 1. The maximum Gasteiger partial charge on any atom is 0.243 e. The Bertz CT molecular complexity index is 1030. The maximum atomic E-state index is 13.2. The highest BCUT2D eigenvalue weighted by Crippen LogP contribution is 2.28. The molecular formula is C23H30N2O4S. The van der Waals surface area contributed by atoms with Gasteiger partial charge in [0.25, 0.3) is 0 Å². The fourth-order valence-electron chi connectivity index (χ4n) is 3.69. The molecule has 0 unspecified atom stereocenters. The second-order valence-corrected chi connectivity index (χ2v) is 9.79. The predicted octanol–water partition coefficient (Wildman–Crippen LogP) is 4.05. The van der Waals surface area contributed by atoms with Crippen LogP contribution >= 0.6 is 0 Å². The minimum absolute atomic E-state index is 0.138. The van der Waals surface area contributed by atoms with Crippen molar-refractivity contribution in [2.75, 3.05) is 25.0 Å². The average Bonchev–Trinajstić information content (AvgIpc) is 2.72. The average molecular weight is 431 g/mol. The molecule has 1 saturated heterocycles. The van der Waals surface area contributed by atoms with Gasteiger partial charge in [-0.2, -0.15) is 4.31 Å². The van der Waals surface area contributed by atoms with E-state index < -0.39 is 10.0 Å². The first-order valence-corrected chi connectivity index (χ1v) is 11.8. The summed E-state index contributed by atoms with van der Waals surface area (Å²) in [6, 6.07) is 10.7. The van der Waals surface area contributed by atoms with Crippen molar-refractivity contribution < 1.29 is 17.9 Å². The quantitative estimate of drug-likeness (QED) is 0.750. The molecule has 0 spiro atoms. The third kappa shape index (κ3) is 4.84. The van der Waals surface area contributed by atoms with Crippen molar-refractivity contribution in [2.24, 2.45) is 5.92 Å². The molecule has 0 bridgehead atoms. The van der Waals surface area contributed by atoms with Gasteiger partial charge in [0.1, 0.15) is 5.75 Å². The summed E-state index contributed by atoms with van der Waals surface area (Å²) in [5, 5.41) is 2.95. The smallest absolute Gasteiger partial charge is 0.243 e. The van der Waals surface area contributed by atoms with Gasteiger partial charge < -0.3 is 10.1 Å². The van der Waals surface area contributed by atoms with E-state index in [-0.39, 0.29) is 23.3 Å². The fraction of sp³-hybridized carbons (Fsp3) is 0.435. The van der Waals surface area contributed by atoms with Crippen LogP contribution in [0.3, 0.4) is 0 Å². The van der Waals surface area contributed by atoms with E-state index in [1.54, 1.807) is 18.2 Å². The highest BCUT2D eigenvalue weighted by atomic mass is 32.2. The molecule has 0 aliphatic carbocycles. The van der Waals surface area contributed by atoms with Gasteiger partial charge in [0, 0.05) is 18.8 Å². The molecule has 30 heavy (non-hydrogen) atoms. The number of anilines is 1. The van der Waals surface area contributed by atoms with Crippen LogP contribution in [0.5, 0.6) is 5.75 Å². The summed E-state index contributed by atoms with van der Waals surface area (Å²) in [7, 11) is -3.67. The molecule has 7 heteroatoms. The number of ether oxygens (including phenoxy) is 1. The van der Waals surface area contributed by atoms with Gasteiger partial charge in [0.05, 0.1) is 17.4 Å². The number of nitrogens with zero attached hydrogens (tertiary/aromatic N) is 1. The molecule has 1 aliphatic heterocycles. The van der Waals surface area contributed by atoms with Gasteiger partial charge in [-0.25, -0.2) is 8.42 Å². The molecule has 0 aromatic heterocycles. The normalized spacial score (nSPS) is 17.5. The van der Waals surface area contributed by atoms with Gasteiger partial charge in [-0.3, -0.25) is 4.79 Å². The maximum absolute atomic E-state index is 13.2. The molecule has 1 amide bonds. The lowest BCUT2D eigenvalue weighted by Crippen LogP contribution is -2.43. The lowest BCUT2D eigenvalue weighted by Gasteiger charge is -2.31. The van der Waals surface area contributed by atoms with Crippen molar-refractivity contribution in [3.8, 4) is 5.75 Å². The standard InChI is InChI=1S/C23H30N2O4S/c1-5-29-22-11-10-21(14-18(22)4)30(27,28)25-12-6-7-19(15-25)23(26)24-20-9-8-16(2)17(3)13-20/h8-11,13-14,19H,5-7,12,15H2,1-4H3,(H,24,26)/t19-/m0/s1. The first-order chi connectivity index (χ1) is 14.2. The first-order valence-electron chi connectivity index (χ1n) is 10.3. The highest BCUT2D eigenvalue weighted by molar-refractivity contribution is 7.89. The van der Waals surface area contributed by atoms with Crippen LogP contribution in [-0.2, 0) is 14.8 Å². The number of hydrogen-bond donors (Lipinski definition) is 1. The Morgan fingerprint density at radius 1 is 1.10 bits per heavy atom. The van der Waals surface area contributed by atoms with Crippen LogP contribution in [0.4, 0.5) is 5.69 Å². The van der Waals surface area contributed by atoms with Crippen molar-refractivity contribution in [2.45, 2.75) is 45.4 Å². The van der Waals surface area contributed by atoms with Gasteiger partial charge in [0.2, 0.25) is 15.9 Å². The molecular weight excluding hydrogens is 400 g/mol. The number of hydrogen-bond acceptors (Lipinski definition) is 4. The highest BCUT2D eigenvalue weighted by Gasteiger charge is 2.33. The second-order valence-electron chi connectivity index (χ2n) is 7.85. The number of rotatable bonds is 6. The minimum atomic E-state index is -3.67. The van der Waals surface area contributed by atoms with Crippen molar-refractivity contribution in [1.82, 2.24) is 4.31 Å². The molecule has 3 rings (SSSR count). The molecule has 1 N–H and O–H groups in total. The number of benzene rings is 2. The first kappa shape index (κ1) is 22.3. The molecule has 2 aromatic rings. The summed E-state index contributed by atoms with van der Waals surface area (Å²) in [4.78, 5) is 13.0. The predicted molar refractivity (Wildman–Crippen MR) is 118 cm³/mol. The molecule has 1 fully saturated rings. The summed E-state index contributed by atoms with van der Waals surface area (Å²) < 4.78 is 33.3. The number of aryl methyl sites for hydroxylation is 3. The van der Waals surface area contributed by atoms with E-state index in [0.717, 1.165) is 22.4 Å². The molecule has 2 aromatic carbocycles. The summed E-state index contributed by atoms with van der Waals surface area (Å²) in [6.07, 6.45) is 1.32. The van der Waals surface area contributed by atoms with Gasteiger partial charge in [-0.1, -0.05) is 6.07 Å². The molecule has 1 aliphatic rings. The number of nitrogens with one attached hydrogen (secondary N) is 1. The third-order valence-electron chi connectivity index (χ3n) is 5.61. The van der Waals surface area contributed by atoms with Crippen LogP contribution in [0, 0.1) is 26.7 Å². The number of sulfonamides is 1. The lowest BCUT2D eigenvalue weighted by molar-refractivity contribution is -0.120. The zero-order chi connectivity index (χ0) is 21.9. The Balaban J connectivity index is 1.73. The van der Waals surface area contributed by atoms with Gasteiger partial charge in [-0.05, 0) is 87.6 Å². The van der Waals surface area contributed by atoms with Crippen molar-refractivity contribution in [1.29, 1.82) is 0 Å². The Morgan fingerprint density at radius 3 is 2.53 bits per heavy atom. The molecule has 0 radical (unpaired) electrons. The Kier molecular flexibility index (Phi) is 6.83. The number of carbonyl (C=O) groups excluding carboxylic acids is 1.